The van der Waals surface area contributed by atoms with E-state index in [1.54, 1.807) is 0 Å². The number of fused-ring (bicyclic) bond motifs is 3. The Morgan fingerprint density at radius 1 is 0.368 bits per heavy atom. The minimum absolute atomic E-state index is 1.11. The highest BCUT2D eigenvalue weighted by Crippen LogP contribution is 2.47. The van der Waals surface area contributed by atoms with E-state index in [2.05, 4.69) is 162 Å². The van der Waals surface area contributed by atoms with Gasteiger partial charge in [0, 0.05) is 44.0 Å². The maximum atomic E-state index is 3.86. The fourth-order valence-corrected chi connectivity index (χ4v) is 5.51. The number of hydrogen-bond donors (Lipinski definition) is 1. The van der Waals surface area contributed by atoms with Gasteiger partial charge >= 0.3 is 0 Å². The highest BCUT2D eigenvalue weighted by atomic mass is 15.1. The van der Waals surface area contributed by atoms with Crippen molar-refractivity contribution >= 4 is 60.8 Å². The molecule has 180 valence electrons. The third-order valence-electron chi connectivity index (χ3n) is 7.20. The molecule has 0 amide bonds. The summed E-state index contributed by atoms with van der Waals surface area (Å²) in [6.45, 7) is 0. The molecule has 0 aliphatic heterocycles. The van der Waals surface area contributed by atoms with Crippen LogP contribution in [0.1, 0.15) is 0 Å². The molecule has 0 atom stereocenters. The van der Waals surface area contributed by atoms with Crippen LogP contribution in [0, 0.1) is 0 Å². The van der Waals surface area contributed by atoms with Gasteiger partial charge in [0.1, 0.15) is 0 Å². The smallest absolute Gasteiger partial charge is 0.0619 e. The Bertz CT molecular complexity index is 1790. The monoisotopic (exact) mass is 486 g/mol. The molecule has 2 nitrogen and oxygen atoms in total. The first-order valence-corrected chi connectivity index (χ1v) is 13.0. The molecule has 2 heteroatoms. The molecule has 0 spiro atoms. The van der Waals surface area contributed by atoms with Crippen LogP contribution >= 0.6 is 0 Å². The molecule has 0 saturated heterocycles. The van der Waals surface area contributed by atoms with E-state index < -0.39 is 0 Å². The molecule has 0 saturated carbocycles. The summed E-state index contributed by atoms with van der Waals surface area (Å²) in [7, 11) is 0. The molecule has 0 aliphatic rings. The van der Waals surface area contributed by atoms with Crippen LogP contribution in [0.2, 0.25) is 0 Å². The Balaban J connectivity index is 1.55. The van der Waals surface area contributed by atoms with Crippen molar-refractivity contribution in [3.63, 3.8) is 0 Å². The minimum Gasteiger partial charge on any atom is -0.354 e. The molecule has 1 N–H and O–H groups in total. The van der Waals surface area contributed by atoms with Gasteiger partial charge in [-0.25, -0.2) is 0 Å². The van der Waals surface area contributed by atoms with Gasteiger partial charge in [-0.15, -0.1) is 0 Å². The number of benzene rings is 7. The van der Waals surface area contributed by atoms with Crippen LogP contribution in [-0.2, 0) is 0 Å². The standard InChI is InChI=1S/C36H26N2/c1-3-16-27(17-4-1)38(28-18-5-2-6-19-28)36-32-23-11-9-21-30(32)35(31-22-10-12-24-33(31)36)37-34-25-13-15-26-14-7-8-20-29(26)34/h1-25,37H. The summed E-state index contributed by atoms with van der Waals surface area (Å²) < 4.78 is 0. The lowest BCUT2D eigenvalue weighted by molar-refractivity contribution is 1.31. The molecular formula is C36H26N2. The zero-order valence-corrected chi connectivity index (χ0v) is 20.9. The van der Waals surface area contributed by atoms with E-state index in [-0.39, 0.29) is 0 Å². The van der Waals surface area contributed by atoms with Gasteiger partial charge in [0.05, 0.1) is 11.4 Å². The van der Waals surface area contributed by atoms with Crippen LogP contribution in [-0.4, -0.2) is 0 Å². The molecule has 0 radical (unpaired) electrons. The molecule has 0 aromatic heterocycles. The van der Waals surface area contributed by atoms with Crippen molar-refractivity contribution in [2.24, 2.45) is 0 Å². The number of hydrogen-bond acceptors (Lipinski definition) is 2. The lowest BCUT2D eigenvalue weighted by atomic mass is 9.96. The normalized spacial score (nSPS) is 11.2. The fourth-order valence-electron chi connectivity index (χ4n) is 5.51. The maximum Gasteiger partial charge on any atom is 0.0619 e. The number of nitrogens with zero attached hydrogens (tertiary/aromatic N) is 1. The first-order valence-electron chi connectivity index (χ1n) is 13.0. The van der Waals surface area contributed by atoms with E-state index in [1.165, 1.54) is 38.0 Å². The van der Waals surface area contributed by atoms with Gasteiger partial charge in [0.25, 0.3) is 0 Å². The topological polar surface area (TPSA) is 15.3 Å². The van der Waals surface area contributed by atoms with E-state index in [4.69, 9.17) is 0 Å². The van der Waals surface area contributed by atoms with Gasteiger partial charge < -0.3 is 10.2 Å². The molecule has 0 unspecified atom stereocenters. The summed E-state index contributed by atoms with van der Waals surface area (Å²) in [5, 5.41) is 11.1. The highest BCUT2D eigenvalue weighted by molar-refractivity contribution is 6.22. The predicted octanol–water partition coefficient (Wildman–Crippen LogP) is 10.4. The van der Waals surface area contributed by atoms with Crippen molar-refractivity contribution in [3.8, 4) is 0 Å². The third kappa shape index (κ3) is 3.75. The number of para-hydroxylation sites is 2. The van der Waals surface area contributed by atoms with E-state index in [9.17, 15) is 0 Å². The highest BCUT2D eigenvalue weighted by Gasteiger charge is 2.21. The summed E-state index contributed by atoms with van der Waals surface area (Å²) in [6, 6.07) is 53.7. The summed E-state index contributed by atoms with van der Waals surface area (Å²) in [5.74, 6) is 0. The van der Waals surface area contributed by atoms with Gasteiger partial charge in [-0.3, -0.25) is 0 Å². The van der Waals surface area contributed by atoms with E-state index in [0.29, 0.717) is 0 Å². The molecule has 0 bridgehead atoms. The zero-order chi connectivity index (χ0) is 25.3. The van der Waals surface area contributed by atoms with Crippen LogP contribution < -0.4 is 10.2 Å². The van der Waals surface area contributed by atoms with Crippen molar-refractivity contribution in [3.05, 3.63) is 152 Å². The molecule has 0 fully saturated rings. The zero-order valence-electron chi connectivity index (χ0n) is 20.9. The lowest BCUT2D eigenvalue weighted by Crippen LogP contribution is -2.11. The van der Waals surface area contributed by atoms with E-state index in [1.807, 2.05) is 0 Å². The molecule has 0 heterocycles. The summed E-state index contributed by atoms with van der Waals surface area (Å²) in [4.78, 5) is 2.38. The van der Waals surface area contributed by atoms with Gasteiger partial charge in [0.2, 0.25) is 0 Å². The Morgan fingerprint density at radius 2 is 0.816 bits per heavy atom. The second-order valence-electron chi connectivity index (χ2n) is 9.47. The largest absolute Gasteiger partial charge is 0.354 e. The average molecular weight is 487 g/mol. The predicted molar refractivity (Wildman–Crippen MR) is 163 cm³/mol. The van der Waals surface area contributed by atoms with Gasteiger partial charge in [-0.2, -0.15) is 0 Å². The van der Waals surface area contributed by atoms with Gasteiger partial charge in [-0.1, -0.05) is 121 Å². The second kappa shape index (κ2) is 9.42. The lowest BCUT2D eigenvalue weighted by Gasteiger charge is -2.29. The van der Waals surface area contributed by atoms with E-state index >= 15 is 0 Å². The van der Waals surface area contributed by atoms with Gasteiger partial charge in [0.15, 0.2) is 0 Å². The van der Waals surface area contributed by atoms with Crippen molar-refractivity contribution in [2.45, 2.75) is 0 Å². The van der Waals surface area contributed by atoms with Crippen molar-refractivity contribution < 1.29 is 0 Å². The summed E-state index contributed by atoms with van der Waals surface area (Å²) in [6.07, 6.45) is 0. The summed E-state index contributed by atoms with van der Waals surface area (Å²) in [5.41, 5.74) is 5.66. The maximum absolute atomic E-state index is 3.86. The summed E-state index contributed by atoms with van der Waals surface area (Å²) >= 11 is 0. The van der Waals surface area contributed by atoms with Crippen LogP contribution in [0.25, 0.3) is 32.3 Å². The number of anilines is 5. The van der Waals surface area contributed by atoms with Crippen LogP contribution in [0.15, 0.2) is 152 Å². The van der Waals surface area contributed by atoms with Gasteiger partial charge in [-0.05, 0) is 35.7 Å². The first kappa shape index (κ1) is 22.1. The Morgan fingerprint density at radius 3 is 1.39 bits per heavy atom. The van der Waals surface area contributed by atoms with E-state index in [0.717, 1.165) is 22.7 Å². The Hall–Kier alpha value is -5.08. The van der Waals surface area contributed by atoms with Crippen LogP contribution in [0.4, 0.5) is 28.4 Å². The van der Waals surface area contributed by atoms with Crippen molar-refractivity contribution in [1.29, 1.82) is 0 Å². The molecule has 7 rings (SSSR count). The Labute approximate surface area is 222 Å². The fraction of sp³-hybridized carbons (Fsp3) is 0. The minimum atomic E-state index is 1.11. The quantitative estimate of drug-likeness (QED) is 0.192. The third-order valence-corrected chi connectivity index (χ3v) is 7.20. The molecule has 7 aromatic carbocycles. The second-order valence-corrected chi connectivity index (χ2v) is 9.47. The first-order chi connectivity index (χ1) is 18.9. The van der Waals surface area contributed by atoms with Crippen LogP contribution in [0.5, 0.6) is 0 Å². The molecule has 7 aromatic rings. The molecular weight excluding hydrogens is 460 g/mol. The van der Waals surface area contributed by atoms with Crippen molar-refractivity contribution in [2.75, 3.05) is 10.2 Å². The molecule has 0 aliphatic carbocycles. The Kier molecular flexibility index (Phi) is 5.49. The van der Waals surface area contributed by atoms with Crippen molar-refractivity contribution in [1.82, 2.24) is 0 Å². The van der Waals surface area contributed by atoms with Crippen LogP contribution in [0.3, 0.4) is 0 Å². The molecule has 38 heavy (non-hydrogen) atoms. The SMILES string of the molecule is c1ccc(N(c2ccccc2)c2c3ccccc3c(Nc3cccc4ccccc34)c3ccccc23)cc1. The number of rotatable bonds is 5. The number of nitrogens with one attached hydrogen (secondary N) is 1. The average Bonchev–Trinajstić information content (AvgIpc) is 3.00.